The first-order chi connectivity index (χ1) is 9.58. The Morgan fingerprint density at radius 2 is 2.00 bits per heavy atom. The standard InChI is InChI=1S/C15H20N2O3/c16-12-7-6-11(8-12)14(18)17-9-13(15(19)20)10-4-2-1-3-5-10/h1-5,11-13H,6-9,16H2,(H,17,18)(H,19,20). The Morgan fingerprint density at radius 3 is 2.55 bits per heavy atom. The first-order valence-electron chi connectivity index (χ1n) is 6.89. The number of nitrogens with one attached hydrogen (secondary N) is 1. The normalized spacial score (nSPS) is 23.2. The molecule has 20 heavy (non-hydrogen) atoms. The van der Waals surface area contributed by atoms with Gasteiger partial charge in [0.1, 0.15) is 0 Å². The monoisotopic (exact) mass is 276 g/mol. The third-order valence-corrected chi connectivity index (χ3v) is 3.82. The van der Waals surface area contributed by atoms with Gasteiger partial charge in [-0.1, -0.05) is 30.3 Å². The highest BCUT2D eigenvalue weighted by molar-refractivity contribution is 5.81. The number of amides is 1. The maximum Gasteiger partial charge on any atom is 0.312 e. The molecule has 0 radical (unpaired) electrons. The number of benzene rings is 1. The molecule has 0 aromatic heterocycles. The number of nitrogens with two attached hydrogens (primary N) is 1. The average molecular weight is 276 g/mol. The second-order valence-electron chi connectivity index (χ2n) is 5.32. The molecule has 5 nitrogen and oxygen atoms in total. The largest absolute Gasteiger partial charge is 0.481 e. The fraction of sp³-hybridized carbons (Fsp3) is 0.467. The van der Waals surface area contributed by atoms with Crippen molar-refractivity contribution in [2.75, 3.05) is 6.54 Å². The van der Waals surface area contributed by atoms with Gasteiger partial charge in [0.25, 0.3) is 0 Å². The van der Waals surface area contributed by atoms with E-state index in [2.05, 4.69) is 5.32 Å². The van der Waals surface area contributed by atoms with Crippen molar-refractivity contribution in [2.24, 2.45) is 11.7 Å². The van der Waals surface area contributed by atoms with E-state index in [4.69, 9.17) is 5.73 Å². The molecule has 1 saturated carbocycles. The molecule has 5 heteroatoms. The topological polar surface area (TPSA) is 92.4 Å². The number of aliphatic carboxylic acids is 1. The average Bonchev–Trinajstić information content (AvgIpc) is 2.86. The van der Waals surface area contributed by atoms with Crippen LogP contribution >= 0.6 is 0 Å². The van der Waals surface area contributed by atoms with E-state index >= 15 is 0 Å². The fourth-order valence-corrected chi connectivity index (χ4v) is 2.63. The highest BCUT2D eigenvalue weighted by Gasteiger charge is 2.29. The molecular formula is C15H20N2O3. The summed E-state index contributed by atoms with van der Waals surface area (Å²) in [5, 5.41) is 12.0. The maximum absolute atomic E-state index is 12.0. The molecule has 108 valence electrons. The first kappa shape index (κ1) is 14.5. The number of carboxylic acids is 1. The quantitative estimate of drug-likeness (QED) is 0.751. The number of carbonyl (C=O) groups is 2. The lowest BCUT2D eigenvalue weighted by Crippen LogP contribution is -2.35. The molecule has 2 rings (SSSR count). The molecule has 3 unspecified atom stereocenters. The molecule has 1 amide bonds. The second kappa shape index (κ2) is 6.52. The van der Waals surface area contributed by atoms with Crippen LogP contribution in [0, 0.1) is 5.92 Å². The van der Waals surface area contributed by atoms with Crippen LogP contribution in [0.15, 0.2) is 30.3 Å². The summed E-state index contributed by atoms with van der Waals surface area (Å²) in [6.07, 6.45) is 2.34. The van der Waals surface area contributed by atoms with Gasteiger partial charge in [0.2, 0.25) is 5.91 Å². The van der Waals surface area contributed by atoms with E-state index in [9.17, 15) is 14.7 Å². The minimum atomic E-state index is -0.931. The van der Waals surface area contributed by atoms with E-state index in [0.717, 1.165) is 12.8 Å². The van der Waals surface area contributed by atoms with Crippen LogP contribution in [0.25, 0.3) is 0 Å². The van der Waals surface area contributed by atoms with Gasteiger partial charge in [0, 0.05) is 18.5 Å². The van der Waals surface area contributed by atoms with Gasteiger partial charge in [-0.05, 0) is 24.8 Å². The molecule has 1 aliphatic carbocycles. The summed E-state index contributed by atoms with van der Waals surface area (Å²) < 4.78 is 0. The lowest BCUT2D eigenvalue weighted by molar-refractivity contribution is -0.138. The van der Waals surface area contributed by atoms with Crippen molar-refractivity contribution < 1.29 is 14.7 Å². The smallest absolute Gasteiger partial charge is 0.312 e. The van der Waals surface area contributed by atoms with Crippen molar-refractivity contribution in [3.63, 3.8) is 0 Å². The summed E-state index contributed by atoms with van der Waals surface area (Å²) in [6, 6.07) is 9.04. The zero-order valence-corrected chi connectivity index (χ0v) is 11.3. The third kappa shape index (κ3) is 3.57. The Bertz CT molecular complexity index is 475. The van der Waals surface area contributed by atoms with Crippen molar-refractivity contribution in [2.45, 2.75) is 31.2 Å². The van der Waals surface area contributed by atoms with E-state index in [1.807, 2.05) is 6.07 Å². The Morgan fingerprint density at radius 1 is 1.30 bits per heavy atom. The number of hydrogen-bond acceptors (Lipinski definition) is 3. The second-order valence-corrected chi connectivity index (χ2v) is 5.32. The maximum atomic E-state index is 12.0. The summed E-state index contributed by atoms with van der Waals surface area (Å²) >= 11 is 0. The van der Waals surface area contributed by atoms with Crippen LogP contribution in [0.5, 0.6) is 0 Å². The lowest BCUT2D eigenvalue weighted by Gasteiger charge is -2.16. The predicted molar refractivity (Wildman–Crippen MR) is 75.1 cm³/mol. The highest BCUT2D eigenvalue weighted by Crippen LogP contribution is 2.24. The number of rotatable bonds is 5. The molecule has 1 aromatic carbocycles. The molecule has 1 aliphatic rings. The van der Waals surface area contributed by atoms with Crippen LogP contribution in [0.4, 0.5) is 0 Å². The van der Waals surface area contributed by atoms with Crippen LogP contribution < -0.4 is 11.1 Å². The van der Waals surface area contributed by atoms with E-state index in [-0.39, 0.29) is 24.4 Å². The Labute approximate surface area is 118 Å². The van der Waals surface area contributed by atoms with Gasteiger partial charge >= 0.3 is 5.97 Å². The van der Waals surface area contributed by atoms with Crippen LogP contribution in [0.3, 0.4) is 0 Å². The molecule has 0 bridgehead atoms. The number of carbonyl (C=O) groups excluding carboxylic acids is 1. The number of hydrogen-bond donors (Lipinski definition) is 3. The van der Waals surface area contributed by atoms with Crippen molar-refractivity contribution in [1.29, 1.82) is 0 Å². The molecule has 1 fully saturated rings. The minimum Gasteiger partial charge on any atom is -0.481 e. The van der Waals surface area contributed by atoms with E-state index in [0.29, 0.717) is 12.0 Å². The Kier molecular flexibility index (Phi) is 4.74. The van der Waals surface area contributed by atoms with Gasteiger partial charge in [0.15, 0.2) is 0 Å². The summed E-state index contributed by atoms with van der Waals surface area (Å²) in [4.78, 5) is 23.3. The summed E-state index contributed by atoms with van der Waals surface area (Å²) in [5.74, 6) is -1.80. The molecule has 0 saturated heterocycles. The van der Waals surface area contributed by atoms with Crippen molar-refractivity contribution in [3.05, 3.63) is 35.9 Å². The van der Waals surface area contributed by atoms with Crippen LogP contribution in [0.1, 0.15) is 30.7 Å². The molecule has 0 aliphatic heterocycles. The highest BCUT2D eigenvalue weighted by atomic mass is 16.4. The van der Waals surface area contributed by atoms with Gasteiger partial charge in [-0.15, -0.1) is 0 Å². The molecule has 4 N–H and O–H groups in total. The van der Waals surface area contributed by atoms with Crippen LogP contribution in [0.2, 0.25) is 0 Å². The van der Waals surface area contributed by atoms with Crippen LogP contribution in [-0.2, 0) is 9.59 Å². The van der Waals surface area contributed by atoms with Crippen molar-refractivity contribution in [1.82, 2.24) is 5.32 Å². The van der Waals surface area contributed by atoms with Gasteiger partial charge < -0.3 is 16.2 Å². The molecular weight excluding hydrogens is 256 g/mol. The predicted octanol–water partition coefficient (Wildman–Crippen LogP) is 1.10. The lowest BCUT2D eigenvalue weighted by atomic mass is 9.98. The fourth-order valence-electron chi connectivity index (χ4n) is 2.63. The van der Waals surface area contributed by atoms with Crippen LogP contribution in [-0.4, -0.2) is 29.6 Å². The van der Waals surface area contributed by atoms with Gasteiger partial charge in [-0.25, -0.2) is 0 Å². The first-order valence-corrected chi connectivity index (χ1v) is 6.89. The molecule has 3 atom stereocenters. The summed E-state index contributed by atoms with van der Waals surface area (Å²) in [7, 11) is 0. The summed E-state index contributed by atoms with van der Waals surface area (Å²) in [6.45, 7) is 0.115. The van der Waals surface area contributed by atoms with E-state index < -0.39 is 11.9 Å². The summed E-state index contributed by atoms with van der Waals surface area (Å²) in [5.41, 5.74) is 6.48. The SMILES string of the molecule is NC1CCC(C(=O)NCC(C(=O)O)c2ccccc2)C1. The molecule has 1 aromatic rings. The molecule has 0 spiro atoms. The van der Waals surface area contributed by atoms with Gasteiger partial charge in [-0.3, -0.25) is 9.59 Å². The van der Waals surface area contributed by atoms with Gasteiger partial charge in [0.05, 0.1) is 5.92 Å². The minimum absolute atomic E-state index is 0.0739. The van der Waals surface area contributed by atoms with E-state index in [1.165, 1.54) is 0 Å². The zero-order chi connectivity index (χ0) is 14.5. The van der Waals surface area contributed by atoms with E-state index in [1.54, 1.807) is 24.3 Å². The Balaban J connectivity index is 1.93. The van der Waals surface area contributed by atoms with Gasteiger partial charge in [-0.2, -0.15) is 0 Å². The van der Waals surface area contributed by atoms with Crippen molar-refractivity contribution in [3.8, 4) is 0 Å². The zero-order valence-electron chi connectivity index (χ0n) is 11.3. The third-order valence-electron chi connectivity index (χ3n) is 3.82. The molecule has 0 heterocycles. The van der Waals surface area contributed by atoms with Crippen molar-refractivity contribution >= 4 is 11.9 Å². The number of carboxylic acid groups (broad SMARTS) is 1. The Hall–Kier alpha value is -1.88.